The van der Waals surface area contributed by atoms with E-state index in [2.05, 4.69) is 21.5 Å². The minimum atomic E-state index is -0.133. The summed E-state index contributed by atoms with van der Waals surface area (Å²) in [5.41, 5.74) is 0. The van der Waals surface area contributed by atoms with Crippen LogP contribution in [0.15, 0.2) is 16.5 Å². The Hall–Kier alpha value is -1.33. The van der Waals surface area contributed by atoms with Gasteiger partial charge < -0.3 is 9.15 Å². The second-order valence-corrected chi connectivity index (χ2v) is 5.46. The maximum absolute atomic E-state index is 11.2. The van der Waals surface area contributed by atoms with E-state index in [0.29, 0.717) is 12.5 Å². The summed E-state index contributed by atoms with van der Waals surface area (Å²) in [6.45, 7) is 8.81. The standard InChI is InChI=1S/C15H24N2O3/c1-12-10-16(7-6-15(18)19-3)8-9-17(12)11-14-5-4-13(2)20-14/h4-5,12H,6-11H2,1-3H3/t12-/m0/s1. The van der Waals surface area contributed by atoms with Gasteiger partial charge in [0.15, 0.2) is 0 Å². The molecule has 1 saturated heterocycles. The van der Waals surface area contributed by atoms with Crippen molar-refractivity contribution in [2.75, 3.05) is 33.3 Å². The molecule has 0 N–H and O–H groups in total. The first-order valence-corrected chi connectivity index (χ1v) is 7.17. The number of hydrogen-bond acceptors (Lipinski definition) is 5. The van der Waals surface area contributed by atoms with Crippen LogP contribution in [-0.2, 0) is 16.1 Å². The number of aryl methyl sites for hydroxylation is 1. The Balaban J connectivity index is 1.78. The molecule has 2 rings (SSSR count). The zero-order chi connectivity index (χ0) is 14.5. The molecule has 0 unspecified atom stereocenters. The zero-order valence-corrected chi connectivity index (χ0v) is 12.6. The average Bonchev–Trinajstić information content (AvgIpc) is 2.84. The number of ether oxygens (including phenoxy) is 1. The number of nitrogens with zero attached hydrogens (tertiary/aromatic N) is 2. The maximum atomic E-state index is 11.2. The fraction of sp³-hybridized carbons (Fsp3) is 0.667. The molecule has 1 aliphatic rings. The molecule has 1 atom stereocenters. The highest BCUT2D eigenvalue weighted by atomic mass is 16.5. The highest BCUT2D eigenvalue weighted by Gasteiger charge is 2.24. The molecule has 1 aromatic heterocycles. The predicted octanol–water partition coefficient (Wildman–Crippen LogP) is 1.66. The molecule has 5 nitrogen and oxygen atoms in total. The molecular formula is C15H24N2O3. The van der Waals surface area contributed by atoms with Crippen LogP contribution in [0.1, 0.15) is 24.9 Å². The first-order chi connectivity index (χ1) is 9.58. The van der Waals surface area contributed by atoms with Gasteiger partial charge in [0.25, 0.3) is 0 Å². The van der Waals surface area contributed by atoms with Gasteiger partial charge >= 0.3 is 5.97 Å². The van der Waals surface area contributed by atoms with Crippen LogP contribution in [0.5, 0.6) is 0 Å². The van der Waals surface area contributed by atoms with Gasteiger partial charge in [-0.15, -0.1) is 0 Å². The SMILES string of the molecule is COC(=O)CCN1CCN(Cc2ccc(C)o2)[C@@H](C)C1. The van der Waals surface area contributed by atoms with Crippen molar-refractivity contribution in [2.24, 2.45) is 0 Å². The van der Waals surface area contributed by atoms with Crippen LogP contribution in [0.2, 0.25) is 0 Å². The molecule has 0 aliphatic carbocycles. The number of piperazine rings is 1. The summed E-state index contributed by atoms with van der Waals surface area (Å²) >= 11 is 0. The van der Waals surface area contributed by atoms with Crippen LogP contribution >= 0.6 is 0 Å². The van der Waals surface area contributed by atoms with E-state index in [4.69, 9.17) is 4.42 Å². The minimum absolute atomic E-state index is 0.133. The number of furan rings is 1. The second-order valence-electron chi connectivity index (χ2n) is 5.46. The van der Waals surface area contributed by atoms with Crippen molar-refractivity contribution < 1.29 is 13.9 Å². The van der Waals surface area contributed by atoms with Crippen molar-refractivity contribution in [2.45, 2.75) is 32.9 Å². The zero-order valence-electron chi connectivity index (χ0n) is 12.6. The van der Waals surface area contributed by atoms with Crippen LogP contribution in [0.3, 0.4) is 0 Å². The molecule has 1 fully saturated rings. The summed E-state index contributed by atoms with van der Waals surface area (Å²) < 4.78 is 10.3. The van der Waals surface area contributed by atoms with E-state index < -0.39 is 0 Å². The van der Waals surface area contributed by atoms with E-state index in [1.165, 1.54) is 7.11 Å². The molecule has 1 aromatic rings. The molecule has 20 heavy (non-hydrogen) atoms. The number of hydrogen-bond donors (Lipinski definition) is 0. The molecule has 0 bridgehead atoms. The van der Waals surface area contributed by atoms with Crippen molar-refractivity contribution in [1.29, 1.82) is 0 Å². The highest BCUT2D eigenvalue weighted by molar-refractivity contribution is 5.69. The lowest BCUT2D eigenvalue weighted by atomic mass is 10.1. The summed E-state index contributed by atoms with van der Waals surface area (Å²) in [5, 5.41) is 0. The lowest BCUT2D eigenvalue weighted by molar-refractivity contribution is -0.141. The Bertz CT molecular complexity index is 444. The fourth-order valence-corrected chi connectivity index (χ4v) is 2.63. The van der Waals surface area contributed by atoms with E-state index in [-0.39, 0.29) is 5.97 Å². The van der Waals surface area contributed by atoms with Gasteiger partial charge in [0.05, 0.1) is 20.1 Å². The van der Waals surface area contributed by atoms with Crippen molar-refractivity contribution in [3.63, 3.8) is 0 Å². The Morgan fingerprint density at radius 2 is 2.25 bits per heavy atom. The van der Waals surface area contributed by atoms with Crippen LogP contribution in [0.25, 0.3) is 0 Å². The van der Waals surface area contributed by atoms with Crippen LogP contribution in [0.4, 0.5) is 0 Å². The Labute approximate surface area is 120 Å². The number of carbonyl (C=O) groups excluding carboxylic acids is 1. The molecule has 5 heteroatoms. The second kappa shape index (κ2) is 6.90. The number of methoxy groups -OCH3 is 1. The third-order valence-corrected chi connectivity index (χ3v) is 3.86. The first-order valence-electron chi connectivity index (χ1n) is 7.17. The third-order valence-electron chi connectivity index (χ3n) is 3.86. The fourth-order valence-electron chi connectivity index (χ4n) is 2.63. The van der Waals surface area contributed by atoms with Crippen LogP contribution < -0.4 is 0 Å². The Kier molecular flexibility index (Phi) is 5.20. The van der Waals surface area contributed by atoms with Gasteiger partial charge in [-0.3, -0.25) is 14.6 Å². The monoisotopic (exact) mass is 280 g/mol. The highest BCUT2D eigenvalue weighted by Crippen LogP contribution is 2.15. The van der Waals surface area contributed by atoms with Gasteiger partial charge in [-0.1, -0.05) is 0 Å². The van der Waals surface area contributed by atoms with Crippen molar-refractivity contribution in [1.82, 2.24) is 9.80 Å². The summed E-state index contributed by atoms with van der Waals surface area (Å²) in [7, 11) is 1.44. The van der Waals surface area contributed by atoms with E-state index in [1.54, 1.807) is 0 Å². The van der Waals surface area contributed by atoms with E-state index in [9.17, 15) is 4.79 Å². The van der Waals surface area contributed by atoms with Crippen molar-refractivity contribution >= 4 is 5.97 Å². The summed E-state index contributed by atoms with van der Waals surface area (Å²) in [6.07, 6.45) is 0.473. The van der Waals surface area contributed by atoms with Gasteiger partial charge in [0.1, 0.15) is 11.5 Å². The predicted molar refractivity (Wildman–Crippen MR) is 76.4 cm³/mol. The average molecular weight is 280 g/mol. The molecule has 0 aromatic carbocycles. The largest absolute Gasteiger partial charge is 0.469 e. The molecule has 0 amide bonds. The van der Waals surface area contributed by atoms with Crippen molar-refractivity contribution in [3.05, 3.63) is 23.7 Å². The van der Waals surface area contributed by atoms with Crippen LogP contribution in [0, 0.1) is 6.92 Å². The molecule has 112 valence electrons. The van der Waals surface area contributed by atoms with Crippen LogP contribution in [-0.4, -0.2) is 55.1 Å². The normalized spacial score (nSPS) is 21.1. The third kappa shape index (κ3) is 4.08. The molecule has 0 saturated carbocycles. The van der Waals surface area contributed by atoms with Crippen molar-refractivity contribution in [3.8, 4) is 0 Å². The quantitative estimate of drug-likeness (QED) is 0.768. The smallest absolute Gasteiger partial charge is 0.306 e. The van der Waals surface area contributed by atoms with E-state index in [0.717, 1.165) is 44.2 Å². The summed E-state index contributed by atoms with van der Waals surface area (Å²) in [4.78, 5) is 15.9. The van der Waals surface area contributed by atoms with Gasteiger partial charge in [0.2, 0.25) is 0 Å². The number of carbonyl (C=O) groups is 1. The lowest BCUT2D eigenvalue weighted by Crippen LogP contribution is -2.51. The molecule has 1 aliphatic heterocycles. The Morgan fingerprint density at radius 3 is 2.85 bits per heavy atom. The Morgan fingerprint density at radius 1 is 1.45 bits per heavy atom. The van der Waals surface area contributed by atoms with E-state index >= 15 is 0 Å². The lowest BCUT2D eigenvalue weighted by Gasteiger charge is -2.39. The minimum Gasteiger partial charge on any atom is -0.469 e. The molecule has 2 heterocycles. The maximum Gasteiger partial charge on any atom is 0.306 e. The van der Waals surface area contributed by atoms with Gasteiger partial charge in [-0.05, 0) is 26.0 Å². The number of rotatable bonds is 5. The van der Waals surface area contributed by atoms with Gasteiger partial charge in [0, 0.05) is 32.2 Å². The van der Waals surface area contributed by atoms with Gasteiger partial charge in [-0.25, -0.2) is 0 Å². The first kappa shape index (κ1) is 15.1. The molecular weight excluding hydrogens is 256 g/mol. The molecule has 0 radical (unpaired) electrons. The summed E-state index contributed by atoms with van der Waals surface area (Å²) in [6, 6.07) is 4.52. The summed E-state index contributed by atoms with van der Waals surface area (Å²) in [5.74, 6) is 1.85. The number of esters is 1. The molecule has 0 spiro atoms. The van der Waals surface area contributed by atoms with E-state index in [1.807, 2.05) is 19.1 Å². The van der Waals surface area contributed by atoms with Gasteiger partial charge in [-0.2, -0.15) is 0 Å². The topological polar surface area (TPSA) is 45.9 Å².